The maximum atomic E-state index is 12.7. The van der Waals surface area contributed by atoms with E-state index in [1.54, 1.807) is 0 Å². The molecule has 0 bridgehead atoms. The van der Waals surface area contributed by atoms with Crippen molar-refractivity contribution in [2.75, 3.05) is 13.2 Å². The maximum Gasteiger partial charge on any atom is 0.407 e. The highest BCUT2D eigenvalue weighted by atomic mass is 16.5. The molecule has 2 aliphatic carbocycles. The molecule has 2 aromatic carbocycles. The van der Waals surface area contributed by atoms with Gasteiger partial charge in [0.2, 0.25) is 5.91 Å². The summed E-state index contributed by atoms with van der Waals surface area (Å²) in [6, 6.07) is 15.4. The molecule has 1 atom stereocenters. The lowest BCUT2D eigenvalue weighted by molar-refractivity contribution is -0.154. The monoisotopic (exact) mass is 450 g/mol. The fraction of sp³-hybridized carbons (Fsp3) is 0.423. The SMILES string of the molecule is CC(C)[C@@H](NC(=O)OCC1c2ccccc2-c2ccccc21)C(=O)NCC1(C(=O)O)CCC1. The van der Waals surface area contributed by atoms with E-state index in [0.717, 1.165) is 28.7 Å². The van der Waals surface area contributed by atoms with Crippen molar-refractivity contribution in [2.24, 2.45) is 11.3 Å². The number of carbonyl (C=O) groups excluding carboxylic acids is 2. The van der Waals surface area contributed by atoms with Crippen LogP contribution in [0.1, 0.15) is 50.2 Å². The summed E-state index contributed by atoms with van der Waals surface area (Å²) < 4.78 is 5.56. The van der Waals surface area contributed by atoms with Gasteiger partial charge < -0.3 is 20.5 Å². The molecule has 0 saturated heterocycles. The molecule has 7 heteroatoms. The fourth-order valence-corrected chi connectivity index (χ4v) is 4.74. The number of aliphatic carboxylic acids is 1. The predicted molar refractivity (Wildman–Crippen MR) is 124 cm³/mol. The van der Waals surface area contributed by atoms with E-state index < -0.39 is 29.4 Å². The van der Waals surface area contributed by atoms with Gasteiger partial charge in [-0.2, -0.15) is 0 Å². The minimum Gasteiger partial charge on any atom is -0.481 e. The summed E-state index contributed by atoms with van der Waals surface area (Å²) in [5, 5.41) is 14.9. The summed E-state index contributed by atoms with van der Waals surface area (Å²) in [7, 11) is 0. The molecule has 0 aliphatic heterocycles. The van der Waals surface area contributed by atoms with Crippen molar-refractivity contribution in [3.05, 3.63) is 59.7 Å². The number of hydrogen-bond acceptors (Lipinski definition) is 4. The van der Waals surface area contributed by atoms with Crippen LogP contribution in [0.25, 0.3) is 11.1 Å². The van der Waals surface area contributed by atoms with Gasteiger partial charge in [-0.3, -0.25) is 9.59 Å². The first kappa shape index (κ1) is 22.8. The summed E-state index contributed by atoms with van der Waals surface area (Å²) in [5.41, 5.74) is 3.63. The van der Waals surface area contributed by atoms with Crippen LogP contribution >= 0.6 is 0 Å². The summed E-state index contributed by atoms with van der Waals surface area (Å²) in [6.07, 6.45) is 1.28. The third kappa shape index (κ3) is 4.45. The molecule has 0 spiro atoms. The van der Waals surface area contributed by atoms with E-state index in [9.17, 15) is 19.5 Å². The Labute approximate surface area is 193 Å². The van der Waals surface area contributed by atoms with Gasteiger partial charge in [0.25, 0.3) is 0 Å². The standard InChI is InChI=1S/C26H30N2O5/c1-16(2)22(23(29)27-15-26(24(30)31)12-7-13-26)28-25(32)33-14-21-19-10-5-3-8-17(19)18-9-4-6-11-20(18)21/h3-6,8-11,16,21-22H,7,12-15H2,1-2H3,(H,27,29)(H,28,32)(H,30,31)/t22-/m1/s1. The molecule has 1 saturated carbocycles. The van der Waals surface area contributed by atoms with Crippen molar-refractivity contribution < 1.29 is 24.2 Å². The topological polar surface area (TPSA) is 105 Å². The Morgan fingerprint density at radius 3 is 2.09 bits per heavy atom. The van der Waals surface area contributed by atoms with Gasteiger partial charge in [-0.25, -0.2) is 4.79 Å². The number of carboxylic acid groups (broad SMARTS) is 1. The first-order chi connectivity index (χ1) is 15.8. The molecule has 0 heterocycles. The fourth-order valence-electron chi connectivity index (χ4n) is 4.74. The Morgan fingerprint density at radius 2 is 1.61 bits per heavy atom. The van der Waals surface area contributed by atoms with E-state index >= 15 is 0 Å². The number of nitrogens with one attached hydrogen (secondary N) is 2. The maximum absolute atomic E-state index is 12.7. The van der Waals surface area contributed by atoms with Crippen molar-refractivity contribution in [2.45, 2.75) is 45.1 Å². The zero-order chi connectivity index (χ0) is 23.6. The molecule has 0 unspecified atom stereocenters. The molecule has 2 aromatic rings. The van der Waals surface area contributed by atoms with Crippen LogP contribution in [0, 0.1) is 11.3 Å². The van der Waals surface area contributed by atoms with Crippen LogP contribution < -0.4 is 10.6 Å². The first-order valence-electron chi connectivity index (χ1n) is 11.4. The number of ether oxygens (including phenoxy) is 1. The van der Waals surface area contributed by atoms with Gasteiger partial charge in [-0.1, -0.05) is 68.8 Å². The molecule has 0 aromatic heterocycles. The minimum absolute atomic E-state index is 0.0662. The summed E-state index contributed by atoms with van der Waals surface area (Å²) >= 11 is 0. The van der Waals surface area contributed by atoms with Crippen molar-refractivity contribution in [1.29, 1.82) is 0 Å². The second kappa shape index (κ2) is 9.25. The highest BCUT2D eigenvalue weighted by molar-refractivity contribution is 5.87. The Hall–Kier alpha value is -3.35. The number of alkyl carbamates (subject to hydrolysis) is 1. The second-order valence-electron chi connectivity index (χ2n) is 9.35. The number of benzene rings is 2. The zero-order valence-electron chi connectivity index (χ0n) is 19.0. The number of fused-ring (bicyclic) bond motifs is 3. The normalized spacial score (nSPS) is 16.8. The Bertz CT molecular complexity index is 1010. The van der Waals surface area contributed by atoms with E-state index in [0.29, 0.717) is 12.8 Å². The van der Waals surface area contributed by atoms with Crippen LogP contribution in [0.2, 0.25) is 0 Å². The Morgan fingerprint density at radius 1 is 1.03 bits per heavy atom. The number of carbonyl (C=O) groups is 3. The molecule has 33 heavy (non-hydrogen) atoms. The van der Waals surface area contributed by atoms with Gasteiger partial charge in [0, 0.05) is 12.5 Å². The molecular weight excluding hydrogens is 420 g/mol. The predicted octanol–water partition coefficient (Wildman–Crippen LogP) is 3.92. The second-order valence-corrected chi connectivity index (χ2v) is 9.35. The highest BCUT2D eigenvalue weighted by Gasteiger charge is 2.45. The van der Waals surface area contributed by atoms with E-state index in [1.165, 1.54) is 0 Å². The van der Waals surface area contributed by atoms with Gasteiger partial charge >= 0.3 is 12.1 Å². The number of carboxylic acids is 1. The molecule has 4 rings (SSSR count). The summed E-state index contributed by atoms with van der Waals surface area (Å²) in [4.78, 5) is 36.9. The van der Waals surface area contributed by atoms with E-state index in [2.05, 4.69) is 22.8 Å². The smallest absolute Gasteiger partial charge is 0.407 e. The molecule has 7 nitrogen and oxygen atoms in total. The lowest BCUT2D eigenvalue weighted by atomic mass is 9.69. The van der Waals surface area contributed by atoms with Crippen LogP contribution in [-0.4, -0.2) is 42.3 Å². The molecule has 0 radical (unpaired) electrons. The van der Waals surface area contributed by atoms with Gasteiger partial charge in [0.15, 0.2) is 0 Å². The third-order valence-corrected chi connectivity index (χ3v) is 6.93. The quantitative estimate of drug-likeness (QED) is 0.565. The van der Waals surface area contributed by atoms with Crippen LogP contribution in [0.5, 0.6) is 0 Å². The van der Waals surface area contributed by atoms with Crippen LogP contribution in [0.15, 0.2) is 48.5 Å². The van der Waals surface area contributed by atoms with Gasteiger partial charge in [-0.15, -0.1) is 0 Å². The molecule has 2 aliphatic rings. The first-order valence-corrected chi connectivity index (χ1v) is 11.4. The van der Waals surface area contributed by atoms with Gasteiger partial charge in [0.05, 0.1) is 5.41 Å². The van der Waals surface area contributed by atoms with Crippen molar-refractivity contribution >= 4 is 18.0 Å². The average Bonchev–Trinajstić information content (AvgIpc) is 3.08. The zero-order valence-corrected chi connectivity index (χ0v) is 19.0. The molecule has 2 amide bonds. The van der Waals surface area contributed by atoms with Crippen molar-refractivity contribution in [1.82, 2.24) is 10.6 Å². The third-order valence-electron chi connectivity index (χ3n) is 6.93. The van der Waals surface area contributed by atoms with Gasteiger partial charge in [-0.05, 0) is 41.0 Å². The van der Waals surface area contributed by atoms with E-state index in [4.69, 9.17) is 4.74 Å². The number of rotatable bonds is 8. The van der Waals surface area contributed by atoms with Crippen LogP contribution in [0.4, 0.5) is 4.79 Å². The molecular formula is C26H30N2O5. The summed E-state index contributed by atoms with van der Waals surface area (Å²) in [6.45, 7) is 3.87. The van der Waals surface area contributed by atoms with Crippen LogP contribution in [0.3, 0.4) is 0 Å². The number of amides is 2. The lowest BCUT2D eigenvalue weighted by Crippen LogP contribution is -2.54. The molecule has 3 N–H and O–H groups in total. The Balaban J connectivity index is 1.37. The van der Waals surface area contributed by atoms with Crippen LogP contribution in [-0.2, 0) is 14.3 Å². The largest absolute Gasteiger partial charge is 0.481 e. The van der Waals surface area contributed by atoms with Crippen molar-refractivity contribution in [3.63, 3.8) is 0 Å². The van der Waals surface area contributed by atoms with E-state index in [-0.39, 0.29) is 25.0 Å². The summed E-state index contributed by atoms with van der Waals surface area (Å²) in [5.74, 6) is -1.54. The highest BCUT2D eigenvalue weighted by Crippen LogP contribution is 2.44. The number of hydrogen-bond donors (Lipinski definition) is 3. The average molecular weight is 451 g/mol. The van der Waals surface area contributed by atoms with Crippen molar-refractivity contribution in [3.8, 4) is 11.1 Å². The van der Waals surface area contributed by atoms with E-state index in [1.807, 2.05) is 50.2 Å². The lowest BCUT2D eigenvalue weighted by Gasteiger charge is -2.38. The minimum atomic E-state index is -0.889. The van der Waals surface area contributed by atoms with Gasteiger partial charge in [0.1, 0.15) is 12.6 Å². The molecule has 174 valence electrons. The Kier molecular flexibility index (Phi) is 6.40. The molecule has 1 fully saturated rings.